The van der Waals surface area contributed by atoms with Crippen LogP contribution in [0.5, 0.6) is 0 Å². The molecule has 0 saturated carbocycles. The van der Waals surface area contributed by atoms with E-state index in [1.807, 2.05) is 0 Å². The molecule has 0 fully saturated rings. The van der Waals surface area contributed by atoms with Crippen LogP contribution >= 0.6 is 0 Å². The molecule has 0 spiro atoms. The predicted octanol–water partition coefficient (Wildman–Crippen LogP) is 0.233. The Morgan fingerprint density at radius 2 is 2.12 bits per heavy atom. The smallest absolute Gasteiger partial charge is 0.335 e. The van der Waals surface area contributed by atoms with Gasteiger partial charge in [0.15, 0.2) is 0 Å². The first-order valence-electron chi connectivity index (χ1n) is 4.76. The summed E-state index contributed by atoms with van der Waals surface area (Å²) in [5.74, 6) is -1.13. The highest BCUT2D eigenvalue weighted by Gasteiger charge is 2.11. The van der Waals surface area contributed by atoms with E-state index in [9.17, 15) is 13.2 Å². The second-order valence-electron chi connectivity index (χ2n) is 3.21. The van der Waals surface area contributed by atoms with Crippen LogP contribution in [0.15, 0.2) is 18.2 Å². The fourth-order valence-electron chi connectivity index (χ4n) is 1.16. The summed E-state index contributed by atoms with van der Waals surface area (Å²) in [5.41, 5.74) is 5.72. The Kier molecular flexibility index (Phi) is 3.92. The van der Waals surface area contributed by atoms with Gasteiger partial charge in [-0.2, -0.15) is 13.1 Å². The lowest BCUT2D eigenvalue weighted by Gasteiger charge is -2.10. The van der Waals surface area contributed by atoms with Crippen molar-refractivity contribution >= 4 is 27.6 Å². The summed E-state index contributed by atoms with van der Waals surface area (Å²) in [5, 5.41) is 8.71. The molecular weight excluding hydrogens is 246 g/mol. The Labute approximate surface area is 98.8 Å². The van der Waals surface area contributed by atoms with Crippen molar-refractivity contribution in [2.45, 2.75) is 6.92 Å². The fraction of sp³-hybridized carbons (Fsp3) is 0.222. The van der Waals surface area contributed by atoms with E-state index in [-0.39, 0.29) is 23.5 Å². The van der Waals surface area contributed by atoms with E-state index in [1.54, 1.807) is 6.92 Å². The third-order valence-electron chi connectivity index (χ3n) is 1.88. The Morgan fingerprint density at radius 1 is 1.47 bits per heavy atom. The quantitative estimate of drug-likeness (QED) is 0.564. The minimum absolute atomic E-state index is 0.00565. The van der Waals surface area contributed by atoms with Gasteiger partial charge in [-0.15, -0.1) is 0 Å². The van der Waals surface area contributed by atoms with E-state index in [0.717, 1.165) is 0 Å². The number of nitrogens with two attached hydrogens (primary N) is 1. The molecule has 0 aromatic heterocycles. The van der Waals surface area contributed by atoms with Crippen molar-refractivity contribution in [2.75, 3.05) is 17.0 Å². The van der Waals surface area contributed by atoms with Crippen molar-refractivity contribution in [1.82, 2.24) is 4.72 Å². The zero-order chi connectivity index (χ0) is 13.1. The standard InChI is InChI=1S/C9H13N3O4S/c1-2-11-17(15,16)12-8-4-3-6(9(13)14)5-7(8)10/h3-5,11-12H,2,10H2,1H3,(H,13,14). The number of carboxylic acid groups (broad SMARTS) is 1. The van der Waals surface area contributed by atoms with Gasteiger partial charge in [0.2, 0.25) is 0 Å². The molecular formula is C9H13N3O4S. The van der Waals surface area contributed by atoms with Crippen LogP contribution in [0, 0.1) is 0 Å². The average molecular weight is 259 g/mol. The average Bonchev–Trinajstić information content (AvgIpc) is 2.20. The minimum Gasteiger partial charge on any atom is -0.478 e. The minimum atomic E-state index is -3.67. The van der Waals surface area contributed by atoms with Gasteiger partial charge in [0.1, 0.15) is 0 Å². The number of carbonyl (C=O) groups is 1. The molecule has 1 rings (SSSR count). The zero-order valence-electron chi connectivity index (χ0n) is 9.10. The van der Waals surface area contributed by atoms with Crippen LogP contribution < -0.4 is 15.2 Å². The Bertz CT molecular complexity index is 527. The predicted molar refractivity (Wildman–Crippen MR) is 64.0 cm³/mol. The van der Waals surface area contributed by atoms with E-state index in [2.05, 4.69) is 9.44 Å². The number of carboxylic acids is 1. The lowest BCUT2D eigenvalue weighted by atomic mass is 10.2. The first-order valence-corrected chi connectivity index (χ1v) is 6.24. The van der Waals surface area contributed by atoms with E-state index in [4.69, 9.17) is 10.8 Å². The second kappa shape index (κ2) is 5.02. The largest absolute Gasteiger partial charge is 0.478 e. The molecule has 94 valence electrons. The van der Waals surface area contributed by atoms with Crippen LogP contribution in [0.3, 0.4) is 0 Å². The fourth-order valence-corrected chi connectivity index (χ4v) is 2.09. The van der Waals surface area contributed by atoms with Crippen LogP contribution in [0.4, 0.5) is 11.4 Å². The topological polar surface area (TPSA) is 122 Å². The van der Waals surface area contributed by atoms with Gasteiger partial charge in [0, 0.05) is 6.54 Å². The molecule has 0 radical (unpaired) electrons. The van der Waals surface area contributed by atoms with Crippen molar-refractivity contribution in [3.8, 4) is 0 Å². The maximum absolute atomic E-state index is 11.4. The number of hydrogen-bond acceptors (Lipinski definition) is 4. The summed E-state index contributed by atoms with van der Waals surface area (Å²) in [4.78, 5) is 10.6. The normalized spacial score (nSPS) is 11.1. The summed E-state index contributed by atoms with van der Waals surface area (Å²) in [7, 11) is -3.67. The van der Waals surface area contributed by atoms with Gasteiger partial charge in [-0.1, -0.05) is 6.92 Å². The maximum atomic E-state index is 11.4. The number of rotatable bonds is 5. The van der Waals surface area contributed by atoms with Gasteiger partial charge in [0.25, 0.3) is 10.2 Å². The lowest BCUT2D eigenvalue weighted by Crippen LogP contribution is -2.30. The molecule has 0 aliphatic heterocycles. The molecule has 8 heteroatoms. The molecule has 0 unspecified atom stereocenters. The summed E-state index contributed by atoms with van der Waals surface area (Å²) in [6, 6.07) is 3.75. The molecule has 0 aliphatic carbocycles. The zero-order valence-corrected chi connectivity index (χ0v) is 9.91. The van der Waals surface area contributed by atoms with Crippen molar-refractivity contribution < 1.29 is 18.3 Å². The molecule has 0 aliphatic rings. The van der Waals surface area contributed by atoms with Crippen LogP contribution in [0.25, 0.3) is 0 Å². The molecule has 0 saturated heterocycles. The highest BCUT2D eigenvalue weighted by atomic mass is 32.2. The number of nitrogen functional groups attached to an aromatic ring is 1. The highest BCUT2D eigenvalue weighted by molar-refractivity contribution is 7.90. The van der Waals surface area contributed by atoms with Gasteiger partial charge in [-0.05, 0) is 18.2 Å². The molecule has 7 nitrogen and oxygen atoms in total. The van der Waals surface area contributed by atoms with Gasteiger partial charge >= 0.3 is 5.97 Å². The summed E-state index contributed by atoms with van der Waals surface area (Å²) >= 11 is 0. The lowest BCUT2D eigenvalue weighted by molar-refractivity contribution is 0.0697. The Balaban J connectivity index is 2.98. The summed E-state index contributed by atoms with van der Waals surface area (Å²) in [6.45, 7) is 1.87. The Hall–Kier alpha value is -1.80. The van der Waals surface area contributed by atoms with E-state index >= 15 is 0 Å². The number of hydrogen-bond donors (Lipinski definition) is 4. The van der Waals surface area contributed by atoms with Gasteiger partial charge in [0.05, 0.1) is 16.9 Å². The SMILES string of the molecule is CCNS(=O)(=O)Nc1ccc(C(=O)O)cc1N. The van der Waals surface area contributed by atoms with Crippen molar-refractivity contribution in [3.05, 3.63) is 23.8 Å². The monoisotopic (exact) mass is 259 g/mol. The first kappa shape index (κ1) is 13.3. The van der Waals surface area contributed by atoms with Crippen molar-refractivity contribution in [2.24, 2.45) is 0 Å². The van der Waals surface area contributed by atoms with E-state index in [0.29, 0.717) is 0 Å². The number of benzene rings is 1. The van der Waals surface area contributed by atoms with Crippen LogP contribution in [-0.4, -0.2) is 26.0 Å². The summed E-state index contributed by atoms with van der Waals surface area (Å²) in [6.07, 6.45) is 0. The number of anilines is 2. The van der Waals surface area contributed by atoms with Crippen molar-refractivity contribution in [3.63, 3.8) is 0 Å². The number of nitrogens with one attached hydrogen (secondary N) is 2. The highest BCUT2D eigenvalue weighted by Crippen LogP contribution is 2.20. The third-order valence-corrected chi connectivity index (χ3v) is 3.03. The second-order valence-corrected chi connectivity index (χ2v) is 4.71. The molecule has 0 heterocycles. The van der Waals surface area contributed by atoms with E-state index in [1.165, 1.54) is 18.2 Å². The van der Waals surface area contributed by atoms with Gasteiger partial charge < -0.3 is 10.8 Å². The molecule has 5 N–H and O–H groups in total. The molecule has 1 aromatic rings. The molecule has 0 atom stereocenters. The molecule has 1 aromatic carbocycles. The maximum Gasteiger partial charge on any atom is 0.335 e. The van der Waals surface area contributed by atoms with Crippen LogP contribution in [0.1, 0.15) is 17.3 Å². The van der Waals surface area contributed by atoms with Gasteiger partial charge in [-0.3, -0.25) is 4.72 Å². The van der Waals surface area contributed by atoms with Crippen LogP contribution in [-0.2, 0) is 10.2 Å². The third kappa shape index (κ3) is 3.61. The molecule has 0 bridgehead atoms. The van der Waals surface area contributed by atoms with Crippen molar-refractivity contribution in [1.29, 1.82) is 0 Å². The number of aromatic carboxylic acids is 1. The van der Waals surface area contributed by atoms with Crippen LogP contribution in [0.2, 0.25) is 0 Å². The molecule has 17 heavy (non-hydrogen) atoms. The van der Waals surface area contributed by atoms with Gasteiger partial charge in [-0.25, -0.2) is 4.79 Å². The summed E-state index contributed by atoms with van der Waals surface area (Å²) < 4.78 is 27.2. The first-order chi connectivity index (χ1) is 7.85. The Morgan fingerprint density at radius 3 is 2.59 bits per heavy atom. The molecule has 0 amide bonds. The van der Waals surface area contributed by atoms with E-state index < -0.39 is 16.2 Å².